The molecular formula is C21H26N2O3S. The first kappa shape index (κ1) is 19.4. The Labute approximate surface area is 161 Å². The Balaban J connectivity index is 1.66. The highest BCUT2D eigenvalue weighted by Crippen LogP contribution is 2.23. The molecule has 0 atom stereocenters. The number of nitrogens with one attached hydrogen (secondary N) is 1. The first-order chi connectivity index (χ1) is 13.0. The maximum atomic E-state index is 12.8. The lowest BCUT2D eigenvalue weighted by molar-refractivity contribution is 0.0943. The van der Waals surface area contributed by atoms with Crippen molar-refractivity contribution in [1.29, 1.82) is 0 Å². The number of amides is 1. The summed E-state index contributed by atoms with van der Waals surface area (Å²) in [6.07, 6.45) is 6.11. The van der Waals surface area contributed by atoms with E-state index in [2.05, 4.69) is 5.32 Å². The van der Waals surface area contributed by atoms with Gasteiger partial charge < -0.3 is 5.32 Å². The molecule has 0 saturated heterocycles. The van der Waals surface area contributed by atoms with Crippen molar-refractivity contribution < 1.29 is 13.2 Å². The molecule has 1 saturated carbocycles. The van der Waals surface area contributed by atoms with Gasteiger partial charge >= 0.3 is 0 Å². The number of nitrogens with zero attached hydrogens (tertiary/aromatic N) is 1. The minimum Gasteiger partial charge on any atom is -0.352 e. The van der Waals surface area contributed by atoms with Gasteiger partial charge in [0.1, 0.15) is 0 Å². The number of hydrogen-bond acceptors (Lipinski definition) is 3. The zero-order valence-electron chi connectivity index (χ0n) is 15.6. The summed E-state index contributed by atoms with van der Waals surface area (Å²) in [6, 6.07) is 15.0. The summed E-state index contributed by atoms with van der Waals surface area (Å²) in [5.74, 6) is 0.405. The summed E-state index contributed by atoms with van der Waals surface area (Å²) in [7, 11) is -2.14. The van der Waals surface area contributed by atoms with Gasteiger partial charge in [-0.1, -0.05) is 37.5 Å². The third kappa shape index (κ3) is 4.69. The van der Waals surface area contributed by atoms with Crippen LogP contribution < -0.4 is 9.62 Å². The zero-order valence-corrected chi connectivity index (χ0v) is 16.4. The smallest absolute Gasteiger partial charge is 0.264 e. The molecule has 3 rings (SSSR count). The van der Waals surface area contributed by atoms with Gasteiger partial charge in [0, 0.05) is 19.2 Å². The molecule has 2 aromatic carbocycles. The van der Waals surface area contributed by atoms with Crippen LogP contribution >= 0.6 is 0 Å². The minimum atomic E-state index is -3.66. The lowest BCUT2D eigenvalue weighted by atomic mass is 9.89. The lowest BCUT2D eigenvalue weighted by Crippen LogP contribution is -2.30. The van der Waals surface area contributed by atoms with Crippen molar-refractivity contribution in [2.45, 2.75) is 37.0 Å². The van der Waals surface area contributed by atoms with Gasteiger partial charge in [-0.3, -0.25) is 9.10 Å². The Bertz CT molecular complexity index is 858. The van der Waals surface area contributed by atoms with E-state index in [-0.39, 0.29) is 10.8 Å². The maximum Gasteiger partial charge on any atom is 0.264 e. The van der Waals surface area contributed by atoms with Gasteiger partial charge in [0.15, 0.2) is 0 Å². The number of carbonyl (C=O) groups excluding carboxylic acids is 1. The fourth-order valence-electron chi connectivity index (χ4n) is 3.44. The lowest BCUT2D eigenvalue weighted by Gasteiger charge is -2.22. The number of benzene rings is 2. The summed E-state index contributed by atoms with van der Waals surface area (Å²) in [5, 5.41) is 2.98. The summed E-state index contributed by atoms with van der Waals surface area (Å²) in [4.78, 5) is 12.5. The van der Waals surface area contributed by atoms with Crippen LogP contribution in [0.25, 0.3) is 0 Å². The summed E-state index contributed by atoms with van der Waals surface area (Å²) in [6.45, 7) is 0.690. The number of hydrogen-bond donors (Lipinski definition) is 1. The van der Waals surface area contributed by atoms with E-state index >= 15 is 0 Å². The van der Waals surface area contributed by atoms with Crippen LogP contribution in [0, 0.1) is 5.92 Å². The van der Waals surface area contributed by atoms with E-state index in [4.69, 9.17) is 0 Å². The predicted octanol–water partition coefficient (Wildman–Crippen LogP) is 3.82. The molecule has 0 heterocycles. The molecule has 1 aliphatic carbocycles. The highest BCUT2D eigenvalue weighted by Gasteiger charge is 2.21. The van der Waals surface area contributed by atoms with Crippen molar-refractivity contribution in [2.75, 3.05) is 17.9 Å². The van der Waals surface area contributed by atoms with Crippen LogP contribution in [0.15, 0.2) is 59.5 Å². The van der Waals surface area contributed by atoms with E-state index in [1.54, 1.807) is 36.4 Å². The monoisotopic (exact) mass is 386 g/mol. The first-order valence-corrected chi connectivity index (χ1v) is 10.8. The van der Waals surface area contributed by atoms with E-state index in [9.17, 15) is 13.2 Å². The number of para-hydroxylation sites is 1. The molecule has 0 spiro atoms. The number of carbonyl (C=O) groups is 1. The van der Waals surface area contributed by atoms with Crippen LogP contribution in [-0.4, -0.2) is 27.9 Å². The van der Waals surface area contributed by atoms with Crippen LogP contribution in [0.2, 0.25) is 0 Å². The molecule has 2 aromatic rings. The fraction of sp³-hybridized carbons (Fsp3) is 0.381. The van der Waals surface area contributed by atoms with E-state index in [1.807, 2.05) is 6.07 Å². The summed E-state index contributed by atoms with van der Waals surface area (Å²) >= 11 is 0. The number of rotatable bonds is 6. The number of sulfonamides is 1. The molecule has 5 nitrogen and oxygen atoms in total. The van der Waals surface area contributed by atoms with Gasteiger partial charge in [0.2, 0.25) is 0 Å². The van der Waals surface area contributed by atoms with Gasteiger partial charge in [-0.25, -0.2) is 8.42 Å². The molecule has 0 radical (unpaired) electrons. The van der Waals surface area contributed by atoms with E-state index in [0.29, 0.717) is 23.7 Å². The molecule has 6 heteroatoms. The van der Waals surface area contributed by atoms with E-state index in [0.717, 1.165) is 0 Å². The summed E-state index contributed by atoms with van der Waals surface area (Å²) < 4.78 is 26.8. The topological polar surface area (TPSA) is 66.5 Å². The zero-order chi connectivity index (χ0) is 19.3. The van der Waals surface area contributed by atoms with Gasteiger partial charge in [-0.2, -0.15) is 0 Å². The van der Waals surface area contributed by atoms with Crippen molar-refractivity contribution >= 4 is 21.6 Å². The quantitative estimate of drug-likeness (QED) is 0.821. The molecule has 1 N–H and O–H groups in total. The van der Waals surface area contributed by atoms with Gasteiger partial charge in [0.25, 0.3) is 15.9 Å². The second-order valence-corrected chi connectivity index (χ2v) is 9.02. The molecule has 0 unspecified atom stereocenters. The maximum absolute atomic E-state index is 12.8. The van der Waals surface area contributed by atoms with Crippen LogP contribution in [0.5, 0.6) is 0 Å². The Morgan fingerprint density at radius 2 is 1.63 bits per heavy atom. The van der Waals surface area contributed by atoms with E-state index in [1.165, 1.54) is 55.6 Å². The largest absolute Gasteiger partial charge is 0.352 e. The molecule has 0 aliphatic heterocycles. The summed E-state index contributed by atoms with van der Waals surface area (Å²) in [5.41, 5.74) is 1.07. The predicted molar refractivity (Wildman–Crippen MR) is 107 cm³/mol. The average molecular weight is 387 g/mol. The minimum absolute atomic E-state index is 0.152. The Morgan fingerprint density at radius 1 is 1.00 bits per heavy atom. The van der Waals surface area contributed by atoms with E-state index < -0.39 is 10.0 Å². The Hall–Kier alpha value is -2.34. The molecule has 0 aromatic heterocycles. The SMILES string of the molecule is CN(c1ccccc1)S(=O)(=O)c1ccc(C(=O)NCC2CCCCC2)cc1. The fourth-order valence-corrected chi connectivity index (χ4v) is 4.64. The van der Waals surface area contributed by atoms with Gasteiger partial charge in [-0.15, -0.1) is 0 Å². The molecule has 1 fully saturated rings. The van der Waals surface area contributed by atoms with Crippen LogP contribution in [0.3, 0.4) is 0 Å². The van der Waals surface area contributed by atoms with Crippen molar-refractivity contribution in [3.8, 4) is 0 Å². The molecule has 1 aliphatic rings. The second kappa shape index (κ2) is 8.57. The Morgan fingerprint density at radius 3 is 2.26 bits per heavy atom. The third-order valence-electron chi connectivity index (χ3n) is 5.17. The average Bonchev–Trinajstić information content (AvgIpc) is 2.73. The molecule has 0 bridgehead atoms. The van der Waals surface area contributed by atoms with Crippen LogP contribution in [-0.2, 0) is 10.0 Å². The second-order valence-electron chi connectivity index (χ2n) is 7.05. The normalized spacial score (nSPS) is 15.3. The standard InChI is InChI=1S/C21H26N2O3S/c1-23(19-10-6-3-7-11-19)27(25,26)20-14-12-18(13-15-20)21(24)22-16-17-8-4-2-5-9-17/h3,6-7,10-15,17H,2,4-5,8-9,16H2,1H3,(H,22,24). The number of anilines is 1. The van der Waals surface area contributed by atoms with Crippen LogP contribution in [0.4, 0.5) is 5.69 Å². The molecule has 144 valence electrons. The first-order valence-electron chi connectivity index (χ1n) is 9.41. The van der Waals surface area contributed by atoms with Crippen molar-refractivity contribution in [3.05, 3.63) is 60.2 Å². The van der Waals surface area contributed by atoms with Crippen molar-refractivity contribution in [2.24, 2.45) is 5.92 Å². The van der Waals surface area contributed by atoms with Crippen molar-refractivity contribution in [1.82, 2.24) is 5.32 Å². The molecule has 1 amide bonds. The third-order valence-corrected chi connectivity index (χ3v) is 6.97. The van der Waals surface area contributed by atoms with Crippen molar-refractivity contribution in [3.63, 3.8) is 0 Å². The molecular weight excluding hydrogens is 360 g/mol. The molecule has 27 heavy (non-hydrogen) atoms. The highest BCUT2D eigenvalue weighted by molar-refractivity contribution is 7.92. The van der Waals surface area contributed by atoms with Gasteiger partial charge in [-0.05, 0) is 55.2 Å². The highest BCUT2D eigenvalue weighted by atomic mass is 32.2. The van der Waals surface area contributed by atoms with Gasteiger partial charge in [0.05, 0.1) is 10.6 Å². The Kier molecular flexibility index (Phi) is 6.16. The van der Waals surface area contributed by atoms with Crippen LogP contribution in [0.1, 0.15) is 42.5 Å².